The second-order valence-electron chi connectivity index (χ2n) is 5.06. The van der Waals surface area contributed by atoms with Crippen LogP contribution in [0.5, 0.6) is 5.75 Å². The minimum Gasteiger partial charge on any atom is -0.491 e. The molecule has 0 heterocycles. The summed E-state index contributed by atoms with van der Waals surface area (Å²) in [7, 11) is 1.70. The number of hydrogen-bond acceptors (Lipinski definition) is 3. The first kappa shape index (κ1) is 16.0. The zero-order valence-electron chi connectivity index (χ0n) is 12.8. The van der Waals surface area contributed by atoms with E-state index in [0.717, 1.165) is 18.7 Å². The van der Waals surface area contributed by atoms with Gasteiger partial charge in [0.2, 0.25) is 0 Å². The molecular weight excluding hydrogens is 238 g/mol. The van der Waals surface area contributed by atoms with Crippen LogP contribution in [0, 0.1) is 6.92 Å². The zero-order valence-corrected chi connectivity index (χ0v) is 12.8. The highest BCUT2D eigenvalue weighted by Gasteiger charge is 2.08. The van der Waals surface area contributed by atoms with Gasteiger partial charge >= 0.3 is 0 Å². The number of methoxy groups -OCH3 is 1. The van der Waals surface area contributed by atoms with Crippen molar-refractivity contribution < 1.29 is 9.47 Å². The SMILES string of the molecule is CCCNC(C)c1ccc(OCC(C)OC)c(C)c1. The van der Waals surface area contributed by atoms with Crippen LogP contribution in [0.3, 0.4) is 0 Å². The second kappa shape index (κ2) is 8.18. The second-order valence-corrected chi connectivity index (χ2v) is 5.06. The van der Waals surface area contributed by atoms with E-state index in [1.807, 2.05) is 6.92 Å². The summed E-state index contributed by atoms with van der Waals surface area (Å²) in [6, 6.07) is 6.76. The van der Waals surface area contributed by atoms with E-state index in [4.69, 9.17) is 9.47 Å². The third-order valence-corrected chi connectivity index (χ3v) is 3.28. The Labute approximate surface area is 117 Å². The summed E-state index contributed by atoms with van der Waals surface area (Å²) >= 11 is 0. The summed E-state index contributed by atoms with van der Waals surface area (Å²) in [4.78, 5) is 0. The molecule has 1 N–H and O–H groups in total. The van der Waals surface area contributed by atoms with Crippen molar-refractivity contribution in [2.75, 3.05) is 20.3 Å². The number of nitrogens with one attached hydrogen (secondary N) is 1. The minimum absolute atomic E-state index is 0.115. The van der Waals surface area contributed by atoms with E-state index < -0.39 is 0 Å². The van der Waals surface area contributed by atoms with Gasteiger partial charge in [-0.25, -0.2) is 0 Å². The average molecular weight is 265 g/mol. The lowest BCUT2D eigenvalue weighted by atomic mass is 10.0. The topological polar surface area (TPSA) is 30.5 Å². The van der Waals surface area contributed by atoms with Gasteiger partial charge in [-0.05, 0) is 50.9 Å². The van der Waals surface area contributed by atoms with Crippen molar-refractivity contribution in [3.05, 3.63) is 29.3 Å². The van der Waals surface area contributed by atoms with E-state index in [-0.39, 0.29) is 6.10 Å². The molecule has 1 aromatic rings. The minimum atomic E-state index is 0.115. The van der Waals surface area contributed by atoms with Gasteiger partial charge in [0, 0.05) is 13.2 Å². The van der Waals surface area contributed by atoms with E-state index >= 15 is 0 Å². The largest absolute Gasteiger partial charge is 0.491 e. The van der Waals surface area contributed by atoms with Crippen LogP contribution in [0.25, 0.3) is 0 Å². The van der Waals surface area contributed by atoms with Crippen molar-refractivity contribution in [3.8, 4) is 5.75 Å². The van der Waals surface area contributed by atoms with Crippen LogP contribution in [0.15, 0.2) is 18.2 Å². The van der Waals surface area contributed by atoms with Crippen molar-refractivity contribution in [1.29, 1.82) is 0 Å². The average Bonchev–Trinajstić information content (AvgIpc) is 2.42. The summed E-state index contributed by atoms with van der Waals surface area (Å²) < 4.78 is 10.9. The molecule has 0 aliphatic rings. The molecule has 0 fully saturated rings. The molecule has 3 heteroatoms. The monoisotopic (exact) mass is 265 g/mol. The molecule has 2 unspecified atom stereocenters. The lowest BCUT2D eigenvalue weighted by Gasteiger charge is -2.17. The fourth-order valence-corrected chi connectivity index (χ4v) is 1.86. The van der Waals surface area contributed by atoms with Crippen molar-refractivity contribution in [2.45, 2.75) is 46.3 Å². The molecule has 0 spiro atoms. The number of hydrogen-bond donors (Lipinski definition) is 1. The molecule has 1 rings (SSSR count). The van der Waals surface area contributed by atoms with Gasteiger partial charge in [0.05, 0.1) is 6.10 Å². The van der Waals surface area contributed by atoms with Gasteiger partial charge < -0.3 is 14.8 Å². The third kappa shape index (κ3) is 5.21. The molecule has 0 radical (unpaired) electrons. The van der Waals surface area contributed by atoms with Crippen LogP contribution in [0.1, 0.15) is 44.4 Å². The van der Waals surface area contributed by atoms with Gasteiger partial charge in [-0.15, -0.1) is 0 Å². The maximum absolute atomic E-state index is 5.76. The van der Waals surface area contributed by atoms with Gasteiger partial charge in [0.15, 0.2) is 0 Å². The Bertz CT molecular complexity index is 379. The Balaban J connectivity index is 2.63. The van der Waals surface area contributed by atoms with E-state index in [0.29, 0.717) is 12.6 Å². The van der Waals surface area contributed by atoms with E-state index in [2.05, 4.69) is 44.3 Å². The molecule has 108 valence electrons. The first-order valence-corrected chi connectivity index (χ1v) is 7.08. The highest BCUT2D eigenvalue weighted by Crippen LogP contribution is 2.23. The molecule has 0 amide bonds. The predicted octanol–water partition coefficient (Wildman–Crippen LogP) is 3.47. The number of aryl methyl sites for hydroxylation is 1. The summed E-state index contributed by atoms with van der Waals surface area (Å²) in [6.45, 7) is 10.1. The van der Waals surface area contributed by atoms with Gasteiger partial charge in [-0.2, -0.15) is 0 Å². The van der Waals surface area contributed by atoms with Crippen LogP contribution in [0.2, 0.25) is 0 Å². The third-order valence-electron chi connectivity index (χ3n) is 3.28. The van der Waals surface area contributed by atoms with Gasteiger partial charge in [-0.1, -0.05) is 19.1 Å². The van der Waals surface area contributed by atoms with Crippen molar-refractivity contribution >= 4 is 0 Å². The summed E-state index contributed by atoms with van der Waals surface area (Å²) in [6.07, 6.45) is 1.27. The number of ether oxygens (including phenoxy) is 2. The fraction of sp³-hybridized carbons (Fsp3) is 0.625. The highest BCUT2D eigenvalue weighted by molar-refractivity contribution is 5.37. The Morgan fingerprint density at radius 3 is 2.58 bits per heavy atom. The molecule has 0 aliphatic carbocycles. The maximum Gasteiger partial charge on any atom is 0.122 e. The van der Waals surface area contributed by atoms with Crippen LogP contribution < -0.4 is 10.1 Å². The molecule has 3 nitrogen and oxygen atoms in total. The van der Waals surface area contributed by atoms with Crippen molar-refractivity contribution in [2.24, 2.45) is 0 Å². The van der Waals surface area contributed by atoms with Crippen molar-refractivity contribution in [3.63, 3.8) is 0 Å². The van der Waals surface area contributed by atoms with Crippen molar-refractivity contribution in [1.82, 2.24) is 5.32 Å². The first-order chi connectivity index (χ1) is 9.08. The normalized spacial score (nSPS) is 14.2. The first-order valence-electron chi connectivity index (χ1n) is 7.08. The summed E-state index contributed by atoms with van der Waals surface area (Å²) in [5.74, 6) is 0.940. The fourth-order valence-electron chi connectivity index (χ4n) is 1.86. The number of rotatable bonds is 8. The number of benzene rings is 1. The molecule has 0 saturated carbocycles. The molecule has 0 saturated heterocycles. The molecular formula is C16H27NO2. The summed E-state index contributed by atoms with van der Waals surface area (Å²) in [5.41, 5.74) is 2.48. The van der Waals surface area contributed by atoms with Crippen LogP contribution >= 0.6 is 0 Å². The molecule has 0 aliphatic heterocycles. The Hall–Kier alpha value is -1.06. The highest BCUT2D eigenvalue weighted by atomic mass is 16.5. The molecule has 2 atom stereocenters. The Morgan fingerprint density at radius 1 is 1.26 bits per heavy atom. The lowest BCUT2D eigenvalue weighted by molar-refractivity contribution is 0.0714. The van der Waals surface area contributed by atoms with Crippen LogP contribution in [-0.4, -0.2) is 26.4 Å². The quantitative estimate of drug-likeness (QED) is 0.780. The zero-order chi connectivity index (χ0) is 14.3. The van der Waals surface area contributed by atoms with Gasteiger partial charge in [0.25, 0.3) is 0 Å². The molecule has 0 bridgehead atoms. The Morgan fingerprint density at radius 2 is 2.00 bits per heavy atom. The smallest absolute Gasteiger partial charge is 0.122 e. The van der Waals surface area contributed by atoms with Crippen LogP contribution in [0.4, 0.5) is 0 Å². The van der Waals surface area contributed by atoms with E-state index in [9.17, 15) is 0 Å². The summed E-state index contributed by atoms with van der Waals surface area (Å²) in [5, 5.41) is 3.49. The van der Waals surface area contributed by atoms with E-state index in [1.54, 1.807) is 7.11 Å². The lowest BCUT2D eigenvalue weighted by Crippen LogP contribution is -2.19. The predicted molar refractivity (Wildman–Crippen MR) is 79.9 cm³/mol. The van der Waals surface area contributed by atoms with E-state index in [1.165, 1.54) is 11.1 Å². The Kier molecular flexibility index (Phi) is 6.89. The maximum atomic E-state index is 5.76. The molecule has 1 aromatic carbocycles. The van der Waals surface area contributed by atoms with Crippen LogP contribution in [-0.2, 0) is 4.74 Å². The molecule has 0 aromatic heterocycles. The standard InChI is InChI=1S/C16H27NO2/c1-6-9-17-14(4)15-7-8-16(12(2)10-15)19-11-13(3)18-5/h7-8,10,13-14,17H,6,9,11H2,1-5H3. The van der Waals surface area contributed by atoms with Gasteiger partial charge in [-0.3, -0.25) is 0 Å². The van der Waals surface area contributed by atoms with Gasteiger partial charge in [0.1, 0.15) is 12.4 Å². The molecule has 19 heavy (non-hydrogen) atoms.